The molecule has 1 aromatic heterocycles. The fourth-order valence-corrected chi connectivity index (χ4v) is 3.55. The molecule has 0 unspecified atom stereocenters. The number of rotatable bonds is 2. The van der Waals surface area contributed by atoms with Crippen molar-refractivity contribution >= 4 is 44.7 Å². The summed E-state index contributed by atoms with van der Waals surface area (Å²) in [5.74, 6) is -0.563. The fraction of sp³-hybridized carbons (Fsp3) is 0.167. The van der Waals surface area contributed by atoms with Gasteiger partial charge in [-0.15, -0.1) is 11.3 Å². The fourth-order valence-electron chi connectivity index (χ4n) is 2.68. The number of aromatic nitrogens is 1. The molecule has 2 aromatic carbocycles. The molecule has 1 aliphatic rings. The number of carbonyl (C=O) groups excluding carboxylic acids is 2. The van der Waals surface area contributed by atoms with E-state index in [2.05, 4.69) is 15.6 Å². The average molecular weight is 353 g/mol. The first-order chi connectivity index (χ1) is 12.0. The maximum absolute atomic E-state index is 12.7. The van der Waals surface area contributed by atoms with Crippen molar-refractivity contribution < 1.29 is 14.3 Å². The van der Waals surface area contributed by atoms with Crippen LogP contribution in [0.4, 0.5) is 11.4 Å². The van der Waals surface area contributed by atoms with Crippen LogP contribution in [0.3, 0.4) is 0 Å². The highest BCUT2D eigenvalue weighted by molar-refractivity contribution is 7.18. The minimum atomic E-state index is -1.65. The zero-order chi connectivity index (χ0) is 17.6. The van der Waals surface area contributed by atoms with Gasteiger partial charge < -0.3 is 15.4 Å². The molecule has 7 heteroatoms. The Bertz CT molecular complexity index is 1010. The van der Waals surface area contributed by atoms with E-state index in [0.29, 0.717) is 17.1 Å². The number of hydrogen-bond acceptors (Lipinski definition) is 5. The monoisotopic (exact) mass is 353 g/mol. The van der Waals surface area contributed by atoms with Gasteiger partial charge >= 0.3 is 0 Å². The van der Waals surface area contributed by atoms with Crippen molar-refractivity contribution in [2.45, 2.75) is 19.4 Å². The molecule has 0 spiro atoms. The number of anilines is 2. The van der Waals surface area contributed by atoms with Crippen molar-refractivity contribution in [2.24, 2.45) is 0 Å². The summed E-state index contributed by atoms with van der Waals surface area (Å²) in [5.41, 5.74) is 0.386. The third-order valence-electron chi connectivity index (χ3n) is 4.07. The summed E-state index contributed by atoms with van der Waals surface area (Å²) in [6.45, 7) is 3.39. The number of carbonyl (C=O) groups is 2. The Morgan fingerprint density at radius 1 is 1.28 bits per heavy atom. The number of aryl methyl sites for hydroxylation is 1. The Morgan fingerprint density at radius 2 is 2.08 bits per heavy atom. The molecule has 3 aromatic rings. The molecule has 0 saturated heterocycles. The van der Waals surface area contributed by atoms with Gasteiger partial charge in [-0.25, -0.2) is 4.98 Å². The number of nitrogens with zero attached hydrogens (tertiary/aromatic N) is 1. The van der Waals surface area contributed by atoms with E-state index in [4.69, 9.17) is 4.74 Å². The molecule has 126 valence electrons. The molecule has 2 N–H and O–H groups in total. The zero-order valence-corrected chi connectivity index (χ0v) is 14.4. The van der Waals surface area contributed by atoms with Crippen LogP contribution in [0.2, 0.25) is 0 Å². The Hall–Kier alpha value is -2.93. The van der Waals surface area contributed by atoms with Crippen LogP contribution in [0.25, 0.3) is 10.2 Å². The standard InChI is InChI=1S/C18H15N3O3S/c1-10-19-13-8-7-11(9-15(13)25-10)20-16(22)18(2)17(23)21-12-5-3-4-6-14(12)24-18/h3-9H,1-2H3,(H,20,22)(H,21,23)/t18-/m1/s1. The van der Waals surface area contributed by atoms with Crippen molar-refractivity contribution in [1.29, 1.82) is 0 Å². The van der Waals surface area contributed by atoms with E-state index in [1.54, 1.807) is 41.7 Å². The van der Waals surface area contributed by atoms with E-state index in [1.807, 2.05) is 19.1 Å². The van der Waals surface area contributed by atoms with Crippen molar-refractivity contribution in [3.05, 3.63) is 47.5 Å². The van der Waals surface area contributed by atoms with Gasteiger partial charge in [-0.3, -0.25) is 9.59 Å². The highest BCUT2D eigenvalue weighted by atomic mass is 32.1. The second-order valence-electron chi connectivity index (χ2n) is 5.96. The molecule has 1 atom stereocenters. The van der Waals surface area contributed by atoms with Gasteiger partial charge in [0.25, 0.3) is 17.4 Å². The van der Waals surface area contributed by atoms with Crippen LogP contribution in [0, 0.1) is 6.92 Å². The van der Waals surface area contributed by atoms with Gasteiger partial charge in [0.15, 0.2) is 0 Å². The van der Waals surface area contributed by atoms with Gasteiger partial charge in [0.2, 0.25) is 0 Å². The van der Waals surface area contributed by atoms with Crippen LogP contribution in [-0.2, 0) is 9.59 Å². The minimum Gasteiger partial charge on any atom is -0.466 e. The Morgan fingerprint density at radius 3 is 2.92 bits per heavy atom. The maximum Gasteiger partial charge on any atom is 0.278 e. The van der Waals surface area contributed by atoms with Gasteiger partial charge in [0, 0.05) is 5.69 Å². The number of hydrogen-bond donors (Lipinski definition) is 2. The first-order valence-corrected chi connectivity index (χ1v) is 8.55. The highest BCUT2D eigenvalue weighted by Gasteiger charge is 2.47. The van der Waals surface area contributed by atoms with E-state index in [9.17, 15) is 9.59 Å². The number of ether oxygens (including phenoxy) is 1. The summed E-state index contributed by atoms with van der Waals surface area (Å²) in [5, 5.41) is 6.44. The summed E-state index contributed by atoms with van der Waals surface area (Å²) in [7, 11) is 0. The predicted molar refractivity (Wildman–Crippen MR) is 97.1 cm³/mol. The lowest BCUT2D eigenvalue weighted by molar-refractivity contribution is -0.143. The van der Waals surface area contributed by atoms with Gasteiger partial charge in [0.1, 0.15) is 5.75 Å². The van der Waals surface area contributed by atoms with Gasteiger partial charge in [0.05, 0.1) is 20.9 Å². The molecule has 0 aliphatic carbocycles. The van der Waals surface area contributed by atoms with Crippen LogP contribution >= 0.6 is 11.3 Å². The maximum atomic E-state index is 12.7. The lowest BCUT2D eigenvalue weighted by Gasteiger charge is -2.33. The number of thiazole rings is 1. The molecule has 0 bridgehead atoms. The first kappa shape index (κ1) is 15.6. The van der Waals surface area contributed by atoms with Crippen LogP contribution in [0.15, 0.2) is 42.5 Å². The summed E-state index contributed by atoms with van der Waals surface area (Å²) in [6, 6.07) is 12.5. The summed E-state index contributed by atoms with van der Waals surface area (Å²) in [6.07, 6.45) is 0. The van der Waals surface area contributed by atoms with Crippen LogP contribution in [-0.4, -0.2) is 22.4 Å². The van der Waals surface area contributed by atoms with Gasteiger partial charge in [-0.1, -0.05) is 12.1 Å². The Kier molecular flexibility index (Phi) is 3.47. The molecule has 2 amide bonds. The minimum absolute atomic E-state index is 0.466. The normalized spacial score (nSPS) is 19.0. The molecule has 6 nitrogen and oxygen atoms in total. The molecule has 0 fully saturated rings. The summed E-state index contributed by atoms with van der Waals surface area (Å²) in [4.78, 5) is 29.6. The molecule has 1 aliphatic heterocycles. The van der Waals surface area contributed by atoms with E-state index in [1.165, 1.54) is 6.92 Å². The van der Waals surface area contributed by atoms with Gasteiger partial charge in [-0.05, 0) is 44.2 Å². The first-order valence-electron chi connectivity index (χ1n) is 7.74. The van der Waals surface area contributed by atoms with Crippen LogP contribution in [0.5, 0.6) is 5.75 Å². The second-order valence-corrected chi connectivity index (χ2v) is 7.19. The summed E-state index contributed by atoms with van der Waals surface area (Å²) < 4.78 is 6.70. The van der Waals surface area contributed by atoms with E-state index >= 15 is 0 Å². The van der Waals surface area contributed by atoms with Crippen LogP contribution < -0.4 is 15.4 Å². The molecular weight excluding hydrogens is 338 g/mol. The SMILES string of the molecule is Cc1nc2ccc(NC(=O)[C@@]3(C)Oc4ccccc4NC3=O)cc2s1. The molecule has 0 saturated carbocycles. The van der Waals surface area contributed by atoms with Crippen molar-refractivity contribution in [2.75, 3.05) is 10.6 Å². The zero-order valence-electron chi connectivity index (χ0n) is 13.6. The van der Waals surface area contributed by atoms with Gasteiger partial charge in [-0.2, -0.15) is 0 Å². The lowest BCUT2D eigenvalue weighted by atomic mass is 10.0. The largest absolute Gasteiger partial charge is 0.466 e. The summed E-state index contributed by atoms with van der Waals surface area (Å²) >= 11 is 1.55. The smallest absolute Gasteiger partial charge is 0.278 e. The molecular formula is C18H15N3O3S. The van der Waals surface area contributed by atoms with E-state index < -0.39 is 17.4 Å². The van der Waals surface area contributed by atoms with Crippen molar-refractivity contribution in [1.82, 2.24) is 4.98 Å². The lowest BCUT2D eigenvalue weighted by Crippen LogP contribution is -2.56. The number of amides is 2. The van der Waals surface area contributed by atoms with E-state index in [0.717, 1.165) is 15.2 Å². The molecule has 2 heterocycles. The number of nitrogens with one attached hydrogen (secondary N) is 2. The number of benzene rings is 2. The number of fused-ring (bicyclic) bond motifs is 2. The molecule has 4 rings (SSSR count). The molecule has 25 heavy (non-hydrogen) atoms. The molecule has 0 radical (unpaired) electrons. The topological polar surface area (TPSA) is 80.3 Å². The third kappa shape index (κ3) is 2.62. The Labute approximate surface area is 147 Å². The van der Waals surface area contributed by atoms with E-state index in [-0.39, 0.29) is 0 Å². The Balaban J connectivity index is 1.62. The van der Waals surface area contributed by atoms with Crippen molar-refractivity contribution in [3.8, 4) is 5.75 Å². The average Bonchev–Trinajstić information content (AvgIpc) is 2.95. The predicted octanol–water partition coefficient (Wildman–Crippen LogP) is 3.33. The quantitative estimate of drug-likeness (QED) is 0.693. The number of para-hydroxylation sites is 2. The van der Waals surface area contributed by atoms with Crippen LogP contribution in [0.1, 0.15) is 11.9 Å². The highest BCUT2D eigenvalue weighted by Crippen LogP contribution is 2.34. The van der Waals surface area contributed by atoms with Crippen molar-refractivity contribution in [3.63, 3.8) is 0 Å². The second kappa shape index (κ2) is 5.56. The third-order valence-corrected chi connectivity index (χ3v) is 5.00.